The molecule has 3 rings (SSSR count). The molecule has 2 heterocycles. The van der Waals surface area contributed by atoms with Crippen molar-refractivity contribution >= 4 is 11.0 Å². The number of fused-ring (bicyclic) bond motifs is 1. The number of aromatic amines is 2. The van der Waals surface area contributed by atoms with Gasteiger partial charge in [0.05, 0.1) is 11.3 Å². The molecule has 132 valence electrons. The van der Waals surface area contributed by atoms with Crippen LogP contribution in [0, 0.1) is 5.92 Å². The van der Waals surface area contributed by atoms with Crippen LogP contribution in [-0.2, 0) is 19.0 Å². The van der Waals surface area contributed by atoms with Crippen molar-refractivity contribution in [2.24, 2.45) is 5.92 Å². The number of hydrogen-bond acceptors (Lipinski definition) is 3. The van der Waals surface area contributed by atoms with Crippen LogP contribution >= 0.6 is 0 Å². The first-order valence-corrected chi connectivity index (χ1v) is 7.87. The molecule has 8 heteroatoms. The van der Waals surface area contributed by atoms with Crippen molar-refractivity contribution in [3.8, 4) is 0 Å². The number of benzene rings is 1. The van der Waals surface area contributed by atoms with Gasteiger partial charge in [-0.15, -0.1) is 0 Å². The third-order valence-electron chi connectivity index (χ3n) is 3.83. The first-order chi connectivity index (χ1) is 11.8. The van der Waals surface area contributed by atoms with E-state index < -0.39 is 17.3 Å². The first-order valence-electron chi connectivity index (χ1n) is 7.87. The Morgan fingerprint density at radius 2 is 1.92 bits per heavy atom. The van der Waals surface area contributed by atoms with E-state index in [0.29, 0.717) is 23.5 Å². The molecule has 2 aromatic heterocycles. The summed E-state index contributed by atoms with van der Waals surface area (Å²) in [5.74, 6) is 0.489. The van der Waals surface area contributed by atoms with Crippen LogP contribution in [0.15, 0.2) is 29.1 Å². The van der Waals surface area contributed by atoms with Gasteiger partial charge in [-0.05, 0) is 24.0 Å². The summed E-state index contributed by atoms with van der Waals surface area (Å²) in [5, 5.41) is 6.77. The van der Waals surface area contributed by atoms with Crippen LogP contribution in [0.4, 0.5) is 13.2 Å². The molecule has 0 fully saturated rings. The Morgan fingerprint density at radius 3 is 2.60 bits per heavy atom. The highest BCUT2D eigenvalue weighted by molar-refractivity contribution is 5.75. The maximum Gasteiger partial charge on any atom is 0.416 e. The van der Waals surface area contributed by atoms with Gasteiger partial charge in [-0.2, -0.15) is 18.3 Å². The van der Waals surface area contributed by atoms with Crippen molar-refractivity contribution in [3.05, 3.63) is 57.3 Å². The predicted octanol–water partition coefficient (Wildman–Crippen LogP) is 3.45. The molecule has 0 saturated heterocycles. The van der Waals surface area contributed by atoms with Gasteiger partial charge in [0.2, 0.25) is 0 Å². The fraction of sp³-hybridized carbons (Fsp3) is 0.353. The van der Waals surface area contributed by atoms with Crippen LogP contribution in [0.25, 0.3) is 11.0 Å². The lowest BCUT2D eigenvalue weighted by Crippen LogP contribution is -2.15. The normalized spacial score (nSPS) is 12.2. The zero-order valence-electron chi connectivity index (χ0n) is 13.7. The van der Waals surface area contributed by atoms with Gasteiger partial charge < -0.3 is 4.98 Å². The lowest BCUT2D eigenvalue weighted by atomic mass is 10.0. The van der Waals surface area contributed by atoms with Crippen molar-refractivity contribution in [1.29, 1.82) is 0 Å². The third-order valence-corrected chi connectivity index (χ3v) is 3.83. The van der Waals surface area contributed by atoms with E-state index in [1.54, 1.807) is 0 Å². The average Bonchev–Trinajstić information content (AvgIpc) is 2.89. The molecule has 0 unspecified atom stereocenters. The lowest BCUT2D eigenvalue weighted by Gasteiger charge is -2.12. The van der Waals surface area contributed by atoms with E-state index in [1.807, 2.05) is 13.8 Å². The number of nitrogens with one attached hydrogen (secondary N) is 2. The molecule has 0 saturated carbocycles. The molecule has 3 aromatic rings. The van der Waals surface area contributed by atoms with Gasteiger partial charge in [0, 0.05) is 6.42 Å². The summed E-state index contributed by atoms with van der Waals surface area (Å²) in [6.45, 7) is 4.02. The second-order valence-electron chi connectivity index (χ2n) is 6.34. The molecule has 2 N–H and O–H groups in total. The number of alkyl halides is 3. The Labute approximate surface area is 141 Å². The van der Waals surface area contributed by atoms with E-state index in [-0.39, 0.29) is 23.3 Å². The highest BCUT2D eigenvalue weighted by atomic mass is 19.4. The standard InChI is InChI=1S/C17H17F3N4O/c1-9(2)7-12-14-15(24-23-12)16(25)22-13(21-14)8-10-5-3-4-6-11(10)17(18,19)20/h3-6,9H,7-8H2,1-2H3,(H,23,24)(H,21,22,25). The molecule has 0 aliphatic carbocycles. The molecule has 1 aromatic carbocycles. The first kappa shape index (κ1) is 17.2. The maximum absolute atomic E-state index is 13.1. The smallest absolute Gasteiger partial charge is 0.308 e. The average molecular weight is 350 g/mol. The SMILES string of the molecule is CC(C)Cc1n[nH]c2c(=O)[nH]c(Cc3ccccc3C(F)(F)F)nc12. The molecule has 0 spiro atoms. The lowest BCUT2D eigenvalue weighted by molar-refractivity contribution is -0.138. The molecule has 0 aliphatic heterocycles. The minimum absolute atomic E-state index is 0.0615. The Bertz CT molecular complexity index is 956. The minimum Gasteiger partial charge on any atom is -0.308 e. The largest absolute Gasteiger partial charge is 0.416 e. The zero-order chi connectivity index (χ0) is 18.2. The fourth-order valence-electron chi connectivity index (χ4n) is 2.75. The molecule has 25 heavy (non-hydrogen) atoms. The van der Waals surface area contributed by atoms with Gasteiger partial charge in [-0.25, -0.2) is 4.98 Å². The van der Waals surface area contributed by atoms with Crippen molar-refractivity contribution in [2.45, 2.75) is 32.9 Å². The molecule has 0 aliphatic rings. The van der Waals surface area contributed by atoms with Gasteiger partial charge in [0.15, 0.2) is 0 Å². The Morgan fingerprint density at radius 1 is 1.20 bits per heavy atom. The summed E-state index contributed by atoms with van der Waals surface area (Å²) < 4.78 is 39.4. The van der Waals surface area contributed by atoms with Crippen LogP contribution in [-0.4, -0.2) is 20.2 Å². The summed E-state index contributed by atoms with van der Waals surface area (Å²) in [6.07, 6.45) is -3.96. The van der Waals surface area contributed by atoms with E-state index in [9.17, 15) is 18.0 Å². The number of aromatic nitrogens is 4. The Hall–Kier alpha value is -2.64. The minimum atomic E-state index is -4.46. The van der Waals surface area contributed by atoms with Crippen molar-refractivity contribution in [2.75, 3.05) is 0 Å². The van der Waals surface area contributed by atoms with Crippen LogP contribution in [0.2, 0.25) is 0 Å². The molecule has 5 nitrogen and oxygen atoms in total. The van der Waals surface area contributed by atoms with Crippen molar-refractivity contribution in [1.82, 2.24) is 20.2 Å². The molecule has 0 bridgehead atoms. The fourth-order valence-corrected chi connectivity index (χ4v) is 2.75. The van der Waals surface area contributed by atoms with E-state index in [4.69, 9.17) is 0 Å². The number of halogens is 3. The molecule has 0 amide bonds. The molecule has 0 radical (unpaired) electrons. The molecule has 0 atom stereocenters. The van der Waals surface area contributed by atoms with Crippen LogP contribution in [0.1, 0.15) is 36.5 Å². The Kier molecular flexibility index (Phi) is 4.36. The van der Waals surface area contributed by atoms with Crippen molar-refractivity contribution in [3.63, 3.8) is 0 Å². The molecular formula is C17H17F3N4O. The summed E-state index contributed by atoms with van der Waals surface area (Å²) >= 11 is 0. The topological polar surface area (TPSA) is 74.4 Å². The maximum atomic E-state index is 13.1. The van der Waals surface area contributed by atoms with Gasteiger partial charge in [-0.1, -0.05) is 32.0 Å². The van der Waals surface area contributed by atoms with E-state index in [2.05, 4.69) is 20.2 Å². The van der Waals surface area contributed by atoms with Gasteiger partial charge in [0.1, 0.15) is 16.9 Å². The summed E-state index contributed by atoms with van der Waals surface area (Å²) in [6, 6.07) is 5.27. The van der Waals surface area contributed by atoms with E-state index in [0.717, 1.165) is 6.07 Å². The summed E-state index contributed by atoms with van der Waals surface area (Å²) in [7, 11) is 0. The highest BCUT2D eigenvalue weighted by Crippen LogP contribution is 2.32. The van der Waals surface area contributed by atoms with Gasteiger partial charge in [-0.3, -0.25) is 9.89 Å². The van der Waals surface area contributed by atoms with Crippen LogP contribution in [0.3, 0.4) is 0 Å². The van der Waals surface area contributed by atoms with Gasteiger partial charge in [0.25, 0.3) is 5.56 Å². The Balaban J connectivity index is 2.05. The monoisotopic (exact) mass is 350 g/mol. The second kappa shape index (κ2) is 6.34. The molecular weight excluding hydrogens is 333 g/mol. The van der Waals surface area contributed by atoms with Crippen molar-refractivity contribution < 1.29 is 13.2 Å². The number of hydrogen-bond donors (Lipinski definition) is 2. The number of H-pyrrole nitrogens is 2. The van der Waals surface area contributed by atoms with Gasteiger partial charge >= 0.3 is 6.18 Å². The van der Waals surface area contributed by atoms with E-state index in [1.165, 1.54) is 18.2 Å². The number of rotatable bonds is 4. The quantitative estimate of drug-likeness (QED) is 0.757. The predicted molar refractivity (Wildman–Crippen MR) is 87.3 cm³/mol. The van der Waals surface area contributed by atoms with Crippen LogP contribution < -0.4 is 5.56 Å². The second-order valence-corrected chi connectivity index (χ2v) is 6.34. The van der Waals surface area contributed by atoms with E-state index >= 15 is 0 Å². The van der Waals surface area contributed by atoms with Crippen LogP contribution in [0.5, 0.6) is 0 Å². The summed E-state index contributed by atoms with van der Waals surface area (Å²) in [5.41, 5.74) is 0.188. The third kappa shape index (κ3) is 3.57. The highest BCUT2D eigenvalue weighted by Gasteiger charge is 2.33. The number of nitrogens with zero attached hydrogens (tertiary/aromatic N) is 2. The zero-order valence-corrected chi connectivity index (χ0v) is 13.7. The summed E-state index contributed by atoms with van der Waals surface area (Å²) in [4.78, 5) is 19.1.